The first-order valence-electron chi connectivity index (χ1n) is 10.5. The molecule has 1 N–H and O–H groups in total. The van der Waals surface area contributed by atoms with E-state index >= 15 is 0 Å². The number of hydrogen-bond acceptors (Lipinski definition) is 7. The molecule has 0 atom stereocenters. The van der Waals surface area contributed by atoms with Crippen LogP contribution in [0.4, 0.5) is 5.69 Å². The number of ether oxygens (including phenoxy) is 2. The van der Waals surface area contributed by atoms with E-state index < -0.39 is 0 Å². The number of carbonyl (C=O) groups excluding carboxylic acids is 2. The molecule has 32 heavy (non-hydrogen) atoms. The van der Waals surface area contributed by atoms with E-state index in [1.807, 2.05) is 30.0 Å². The lowest BCUT2D eigenvalue weighted by Gasteiger charge is -2.31. The smallest absolute Gasteiger partial charge is 0.265 e. The van der Waals surface area contributed by atoms with Crippen molar-refractivity contribution in [3.05, 3.63) is 53.2 Å². The highest BCUT2D eigenvalue weighted by Gasteiger charge is 2.30. The van der Waals surface area contributed by atoms with Crippen LogP contribution >= 0.6 is 11.3 Å². The van der Waals surface area contributed by atoms with Crippen LogP contribution in [0.1, 0.15) is 28.2 Å². The quantitative estimate of drug-likeness (QED) is 0.651. The van der Waals surface area contributed by atoms with Gasteiger partial charge < -0.3 is 19.7 Å². The maximum absolute atomic E-state index is 13.1. The van der Waals surface area contributed by atoms with E-state index in [2.05, 4.69) is 15.3 Å². The van der Waals surface area contributed by atoms with Gasteiger partial charge in [-0.1, -0.05) is 6.07 Å². The summed E-state index contributed by atoms with van der Waals surface area (Å²) in [6.45, 7) is 3.12. The summed E-state index contributed by atoms with van der Waals surface area (Å²) < 4.78 is 10.7. The van der Waals surface area contributed by atoms with Crippen LogP contribution in [-0.4, -0.2) is 46.6 Å². The zero-order valence-electron chi connectivity index (χ0n) is 17.5. The fraction of sp³-hybridized carbons (Fsp3) is 0.304. The van der Waals surface area contributed by atoms with Gasteiger partial charge in [0, 0.05) is 37.0 Å². The Labute approximate surface area is 189 Å². The molecule has 0 bridgehead atoms. The van der Waals surface area contributed by atoms with Gasteiger partial charge in [0.2, 0.25) is 12.7 Å². The molecule has 0 saturated carbocycles. The normalized spacial score (nSPS) is 15.6. The molecule has 0 spiro atoms. The highest BCUT2D eigenvalue weighted by Crippen LogP contribution is 2.35. The number of nitrogens with one attached hydrogen (secondary N) is 1. The van der Waals surface area contributed by atoms with Crippen molar-refractivity contribution in [1.29, 1.82) is 0 Å². The molecule has 0 unspecified atom stereocenters. The second-order valence-corrected chi connectivity index (χ2v) is 8.77. The summed E-state index contributed by atoms with van der Waals surface area (Å²) in [4.78, 5) is 37.1. The molecule has 2 aromatic heterocycles. The Bertz CT molecular complexity index is 1160. The van der Waals surface area contributed by atoms with Crippen molar-refractivity contribution >= 4 is 28.8 Å². The molecule has 8 nitrogen and oxygen atoms in total. The minimum absolute atomic E-state index is 0.0307. The highest BCUT2D eigenvalue weighted by atomic mass is 32.1. The Morgan fingerprint density at radius 3 is 2.72 bits per heavy atom. The number of amides is 2. The average molecular weight is 451 g/mol. The van der Waals surface area contributed by atoms with Crippen molar-refractivity contribution in [2.24, 2.45) is 5.92 Å². The third-order valence-corrected chi connectivity index (χ3v) is 6.84. The number of benzene rings is 1. The summed E-state index contributed by atoms with van der Waals surface area (Å²) in [5.41, 5.74) is 2.15. The number of aryl methyl sites for hydroxylation is 1. The van der Waals surface area contributed by atoms with Gasteiger partial charge in [-0.25, -0.2) is 4.98 Å². The van der Waals surface area contributed by atoms with Crippen LogP contribution in [-0.2, 0) is 4.79 Å². The molecular formula is C23H22N4O4S. The predicted octanol–water partition coefficient (Wildman–Crippen LogP) is 3.73. The van der Waals surface area contributed by atoms with E-state index in [4.69, 9.17) is 9.47 Å². The topological polar surface area (TPSA) is 93.7 Å². The monoisotopic (exact) mass is 450 g/mol. The number of anilines is 1. The molecule has 2 aliphatic heterocycles. The summed E-state index contributed by atoms with van der Waals surface area (Å²) in [6.07, 6.45) is 2.95. The van der Waals surface area contributed by atoms with Crippen LogP contribution in [0.25, 0.3) is 10.7 Å². The van der Waals surface area contributed by atoms with Crippen molar-refractivity contribution in [2.75, 3.05) is 25.2 Å². The van der Waals surface area contributed by atoms with Gasteiger partial charge in [-0.05, 0) is 44.0 Å². The van der Waals surface area contributed by atoms with Crippen molar-refractivity contribution in [2.45, 2.75) is 19.8 Å². The van der Waals surface area contributed by atoms with Crippen molar-refractivity contribution in [3.63, 3.8) is 0 Å². The summed E-state index contributed by atoms with van der Waals surface area (Å²) in [5, 5.41) is 3.70. The molecule has 1 fully saturated rings. The molecule has 9 heteroatoms. The van der Waals surface area contributed by atoms with E-state index in [0.29, 0.717) is 53.7 Å². The van der Waals surface area contributed by atoms with Gasteiger partial charge in [-0.3, -0.25) is 14.6 Å². The number of piperidine rings is 1. The average Bonchev–Trinajstić information content (AvgIpc) is 3.45. The predicted molar refractivity (Wildman–Crippen MR) is 120 cm³/mol. The number of pyridine rings is 1. The zero-order valence-corrected chi connectivity index (χ0v) is 18.4. The second-order valence-electron chi connectivity index (χ2n) is 7.77. The maximum atomic E-state index is 13.1. The Morgan fingerprint density at radius 2 is 1.94 bits per heavy atom. The van der Waals surface area contributed by atoms with E-state index in [-0.39, 0.29) is 24.5 Å². The lowest BCUT2D eigenvalue weighted by atomic mass is 9.95. The van der Waals surface area contributed by atoms with Gasteiger partial charge in [-0.2, -0.15) is 0 Å². The number of hydrogen-bond donors (Lipinski definition) is 1. The SMILES string of the molecule is Cc1nc(-c2ccccn2)sc1C(=O)N1CCC(C(=O)Nc2ccc3c(c2)OCO3)CC1. The first-order valence-corrected chi connectivity index (χ1v) is 11.3. The van der Waals surface area contributed by atoms with Crippen LogP contribution in [0.3, 0.4) is 0 Å². The van der Waals surface area contributed by atoms with Crippen molar-refractivity contribution < 1.29 is 19.1 Å². The molecule has 5 rings (SSSR count). The fourth-order valence-corrected chi connectivity index (χ4v) is 4.91. The number of nitrogens with zero attached hydrogens (tertiary/aromatic N) is 3. The molecule has 164 valence electrons. The van der Waals surface area contributed by atoms with Gasteiger partial charge >= 0.3 is 0 Å². The Balaban J connectivity index is 1.20. The summed E-state index contributed by atoms with van der Waals surface area (Å²) in [5.74, 6) is 1.10. The molecule has 1 aromatic carbocycles. The largest absolute Gasteiger partial charge is 0.454 e. The van der Waals surface area contributed by atoms with Crippen LogP contribution in [0.2, 0.25) is 0 Å². The number of likely N-dealkylation sites (tertiary alicyclic amines) is 1. The van der Waals surface area contributed by atoms with E-state index in [1.165, 1.54) is 11.3 Å². The van der Waals surface area contributed by atoms with E-state index in [9.17, 15) is 9.59 Å². The molecule has 2 amide bonds. The molecule has 0 radical (unpaired) electrons. The lowest BCUT2D eigenvalue weighted by Crippen LogP contribution is -2.41. The van der Waals surface area contributed by atoms with Crippen LogP contribution < -0.4 is 14.8 Å². The van der Waals surface area contributed by atoms with E-state index in [1.54, 1.807) is 24.4 Å². The Hall–Kier alpha value is -3.46. The first-order chi connectivity index (χ1) is 15.6. The first kappa shape index (κ1) is 20.4. The Kier molecular flexibility index (Phi) is 5.48. The molecule has 4 heterocycles. The number of fused-ring (bicyclic) bond motifs is 1. The van der Waals surface area contributed by atoms with Gasteiger partial charge in [0.05, 0.1) is 11.4 Å². The van der Waals surface area contributed by atoms with Gasteiger partial charge in [0.25, 0.3) is 5.91 Å². The van der Waals surface area contributed by atoms with Gasteiger partial charge in [0.1, 0.15) is 9.88 Å². The summed E-state index contributed by atoms with van der Waals surface area (Å²) in [6, 6.07) is 11.0. The fourth-order valence-electron chi connectivity index (χ4n) is 3.90. The zero-order chi connectivity index (χ0) is 22.1. The standard InChI is InChI=1S/C23H22N4O4S/c1-14-20(32-22(25-14)17-4-2-3-9-24-17)23(29)27-10-7-15(8-11-27)21(28)26-16-5-6-18-19(12-16)31-13-30-18/h2-6,9,12,15H,7-8,10-11,13H2,1H3,(H,26,28). The molecule has 3 aromatic rings. The number of rotatable bonds is 4. The maximum Gasteiger partial charge on any atom is 0.265 e. The number of aromatic nitrogens is 2. The van der Waals surface area contributed by atoms with Gasteiger partial charge in [-0.15, -0.1) is 11.3 Å². The lowest BCUT2D eigenvalue weighted by molar-refractivity contribution is -0.121. The number of carbonyl (C=O) groups is 2. The summed E-state index contributed by atoms with van der Waals surface area (Å²) in [7, 11) is 0. The van der Waals surface area contributed by atoms with Crippen LogP contribution in [0.15, 0.2) is 42.6 Å². The highest BCUT2D eigenvalue weighted by molar-refractivity contribution is 7.17. The van der Waals surface area contributed by atoms with Crippen molar-refractivity contribution in [1.82, 2.24) is 14.9 Å². The number of thiazole rings is 1. The minimum atomic E-state index is -0.142. The Morgan fingerprint density at radius 1 is 1.12 bits per heavy atom. The third-order valence-electron chi connectivity index (χ3n) is 5.67. The molecule has 1 saturated heterocycles. The minimum Gasteiger partial charge on any atom is -0.454 e. The van der Waals surface area contributed by atoms with Crippen molar-refractivity contribution in [3.8, 4) is 22.2 Å². The third kappa shape index (κ3) is 4.03. The van der Waals surface area contributed by atoms with E-state index in [0.717, 1.165) is 10.7 Å². The molecule has 0 aliphatic carbocycles. The van der Waals surface area contributed by atoms with Crippen LogP contribution in [0.5, 0.6) is 11.5 Å². The summed E-state index contributed by atoms with van der Waals surface area (Å²) >= 11 is 1.37. The second kappa shape index (κ2) is 8.58. The van der Waals surface area contributed by atoms with Gasteiger partial charge in [0.15, 0.2) is 11.5 Å². The van der Waals surface area contributed by atoms with Crippen LogP contribution in [0, 0.1) is 12.8 Å². The molecule has 2 aliphatic rings. The molecular weight excluding hydrogens is 428 g/mol.